The average molecular weight is 461 g/mol. The highest BCUT2D eigenvalue weighted by atomic mass is 19.4. The number of ether oxygens (including phenoxy) is 1. The Morgan fingerprint density at radius 3 is 2.82 bits per heavy atom. The summed E-state index contributed by atoms with van der Waals surface area (Å²) in [7, 11) is 0. The first-order valence-electron chi connectivity index (χ1n) is 10.1. The first kappa shape index (κ1) is 22.5. The molecule has 172 valence electrons. The number of H-pyrrole nitrogens is 1. The number of amides is 1. The number of pyridine rings is 1. The summed E-state index contributed by atoms with van der Waals surface area (Å²) < 4.78 is 57.3. The molecule has 0 aliphatic carbocycles. The van der Waals surface area contributed by atoms with Crippen LogP contribution in [-0.4, -0.2) is 45.6 Å². The van der Waals surface area contributed by atoms with Gasteiger partial charge in [0, 0.05) is 35.8 Å². The van der Waals surface area contributed by atoms with Gasteiger partial charge in [-0.1, -0.05) is 0 Å². The number of nitrogens with one attached hydrogen (secondary N) is 1. The number of fused-ring (bicyclic) bond motifs is 1. The van der Waals surface area contributed by atoms with Crippen LogP contribution in [0.15, 0.2) is 42.7 Å². The van der Waals surface area contributed by atoms with Gasteiger partial charge < -0.3 is 20.4 Å². The minimum atomic E-state index is -4.49. The van der Waals surface area contributed by atoms with E-state index in [1.54, 1.807) is 24.4 Å². The van der Waals surface area contributed by atoms with Gasteiger partial charge in [-0.25, -0.2) is 9.37 Å². The van der Waals surface area contributed by atoms with Crippen molar-refractivity contribution in [2.45, 2.75) is 37.3 Å². The fourth-order valence-corrected chi connectivity index (χ4v) is 3.81. The molecule has 3 unspecified atom stereocenters. The summed E-state index contributed by atoms with van der Waals surface area (Å²) in [6.45, 7) is -0.156. The van der Waals surface area contributed by atoms with Crippen molar-refractivity contribution in [1.29, 1.82) is 5.26 Å². The number of carbonyl (C=O) groups is 1. The number of nitrogens with two attached hydrogens (primary N) is 1. The van der Waals surface area contributed by atoms with Gasteiger partial charge in [-0.3, -0.25) is 4.79 Å². The molecule has 0 saturated carbocycles. The minimum absolute atomic E-state index is 0.0105. The molecular formula is C22H19F4N5O2. The number of alkyl halides is 4. The number of aromatic amines is 1. The van der Waals surface area contributed by atoms with E-state index >= 15 is 0 Å². The van der Waals surface area contributed by atoms with Gasteiger partial charge in [0.25, 0.3) is 0 Å². The van der Waals surface area contributed by atoms with Crippen LogP contribution in [0.25, 0.3) is 10.9 Å². The van der Waals surface area contributed by atoms with Crippen LogP contribution in [-0.2, 0) is 17.4 Å². The average Bonchev–Trinajstić information content (AvgIpc) is 3.35. The summed E-state index contributed by atoms with van der Waals surface area (Å²) in [4.78, 5) is 20.6. The molecule has 3 aromatic rings. The van der Waals surface area contributed by atoms with E-state index in [9.17, 15) is 22.4 Å². The summed E-state index contributed by atoms with van der Waals surface area (Å²) in [5.41, 5.74) is 6.63. The van der Waals surface area contributed by atoms with E-state index in [0.717, 1.165) is 17.6 Å². The highest BCUT2D eigenvalue weighted by Crippen LogP contribution is 2.31. The topological polar surface area (TPSA) is 108 Å². The van der Waals surface area contributed by atoms with Crippen LogP contribution in [0.3, 0.4) is 0 Å². The lowest BCUT2D eigenvalue weighted by Crippen LogP contribution is -2.46. The smallest absolute Gasteiger partial charge is 0.417 e. The maximum absolute atomic E-state index is 13.7. The zero-order chi connectivity index (χ0) is 23.8. The van der Waals surface area contributed by atoms with Crippen molar-refractivity contribution in [3.05, 3.63) is 53.9 Å². The highest BCUT2D eigenvalue weighted by molar-refractivity contribution is 5.87. The molecule has 4 rings (SSSR count). The quantitative estimate of drug-likeness (QED) is 0.564. The first-order chi connectivity index (χ1) is 15.7. The lowest BCUT2D eigenvalue weighted by atomic mass is 10.0. The minimum Gasteiger partial charge on any atom is -0.439 e. The van der Waals surface area contributed by atoms with Gasteiger partial charge in [0.2, 0.25) is 11.8 Å². The maximum atomic E-state index is 13.7. The maximum Gasteiger partial charge on any atom is 0.417 e. The first-order valence-corrected chi connectivity index (χ1v) is 10.1. The number of nitrogens with zero attached hydrogens (tertiary/aromatic N) is 3. The number of likely N-dealkylation sites (tertiary alicyclic amines) is 1. The molecule has 7 nitrogen and oxygen atoms in total. The number of hydrogen-bond acceptors (Lipinski definition) is 5. The number of carbonyl (C=O) groups excluding carboxylic acids is 1. The van der Waals surface area contributed by atoms with Gasteiger partial charge in [0.15, 0.2) is 0 Å². The van der Waals surface area contributed by atoms with E-state index in [1.807, 2.05) is 6.07 Å². The molecule has 1 aliphatic rings. The van der Waals surface area contributed by atoms with Crippen LogP contribution >= 0.6 is 0 Å². The number of rotatable bonds is 5. The summed E-state index contributed by atoms with van der Waals surface area (Å²) in [6, 6.07) is 7.11. The molecule has 3 heterocycles. The normalized spacial score (nSPS) is 19.5. The fourth-order valence-electron chi connectivity index (χ4n) is 3.81. The van der Waals surface area contributed by atoms with Crippen LogP contribution in [0.4, 0.5) is 17.6 Å². The molecule has 33 heavy (non-hydrogen) atoms. The molecule has 3 atom stereocenters. The van der Waals surface area contributed by atoms with Crippen molar-refractivity contribution in [3.8, 4) is 17.7 Å². The van der Waals surface area contributed by atoms with Gasteiger partial charge in [0.05, 0.1) is 24.2 Å². The molecule has 3 N–H and O–H groups in total. The predicted octanol–water partition coefficient (Wildman–Crippen LogP) is 3.71. The zero-order valence-corrected chi connectivity index (χ0v) is 17.1. The summed E-state index contributed by atoms with van der Waals surface area (Å²) in [6.07, 6.45) is -3.27. The molecular weight excluding hydrogens is 442 g/mol. The highest BCUT2D eigenvalue weighted by Gasteiger charge is 2.37. The Hall–Kier alpha value is -3.65. The molecule has 1 amide bonds. The molecule has 0 spiro atoms. The summed E-state index contributed by atoms with van der Waals surface area (Å²) in [5.74, 6) is -0.180. The number of nitriles is 1. The van der Waals surface area contributed by atoms with E-state index < -0.39 is 35.9 Å². The number of hydrogen-bond donors (Lipinski definition) is 2. The van der Waals surface area contributed by atoms with E-state index in [2.05, 4.69) is 9.97 Å². The standard InChI is InChI=1S/C22H19F4N5O2/c23-14-6-15(8-27)31(11-14)21(32)18(28)5-12-9-29-19-3-2-16(7-17(12)19)33-20-4-1-13(10-30-20)22(24,25)26/h1-4,7,9-10,14-15,18,29H,5-6,11,28H2. The van der Waals surface area contributed by atoms with E-state index in [4.69, 9.17) is 15.7 Å². The van der Waals surface area contributed by atoms with E-state index in [-0.39, 0.29) is 25.3 Å². The third-order valence-electron chi connectivity index (χ3n) is 5.46. The lowest BCUT2D eigenvalue weighted by molar-refractivity contribution is -0.138. The van der Waals surface area contributed by atoms with Crippen LogP contribution < -0.4 is 10.5 Å². The Labute approximate surface area is 185 Å². The second-order valence-corrected chi connectivity index (χ2v) is 7.79. The Bertz CT molecular complexity index is 1200. The molecule has 1 fully saturated rings. The molecule has 0 radical (unpaired) electrons. The SMILES string of the molecule is N#CC1CC(F)CN1C(=O)C(N)Cc1c[nH]c2ccc(Oc3ccc(C(F)(F)F)cn3)cc12. The fraction of sp³-hybridized carbons (Fsp3) is 0.318. The zero-order valence-electron chi connectivity index (χ0n) is 17.1. The van der Waals surface area contributed by atoms with Gasteiger partial charge in [-0.2, -0.15) is 18.4 Å². The van der Waals surface area contributed by atoms with E-state index in [0.29, 0.717) is 22.9 Å². The van der Waals surface area contributed by atoms with Crippen molar-refractivity contribution in [3.63, 3.8) is 0 Å². The van der Waals surface area contributed by atoms with Gasteiger partial charge >= 0.3 is 6.18 Å². The number of benzene rings is 1. The largest absolute Gasteiger partial charge is 0.439 e. The van der Waals surface area contributed by atoms with Crippen LogP contribution in [0.5, 0.6) is 11.6 Å². The summed E-state index contributed by atoms with van der Waals surface area (Å²) >= 11 is 0. The Kier molecular flexibility index (Phi) is 5.95. The third kappa shape index (κ3) is 4.75. The van der Waals surface area contributed by atoms with Gasteiger partial charge in [-0.15, -0.1) is 0 Å². The van der Waals surface area contributed by atoms with Crippen molar-refractivity contribution in [2.75, 3.05) is 6.54 Å². The number of halogens is 4. The Morgan fingerprint density at radius 1 is 1.36 bits per heavy atom. The Balaban J connectivity index is 1.50. The van der Waals surface area contributed by atoms with Gasteiger partial charge in [0.1, 0.15) is 18.0 Å². The van der Waals surface area contributed by atoms with Gasteiger partial charge in [-0.05, 0) is 36.2 Å². The van der Waals surface area contributed by atoms with Crippen molar-refractivity contribution < 1.29 is 27.1 Å². The van der Waals surface area contributed by atoms with Crippen LogP contribution in [0, 0.1) is 11.3 Å². The Morgan fingerprint density at radius 2 is 2.15 bits per heavy atom. The van der Waals surface area contributed by atoms with Crippen molar-refractivity contribution in [1.82, 2.24) is 14.9 Å². The molecule has 1 aromatic carbocycles. The van der Waals surface area contributed by atoms with Crippen LogP contribution in [0.1, 0.15) is 17.5 Å². The molecule has 0 bridgehead atoms. The lowest BCUT2D eigenvalue weighted by Gasteiger charge is -2.23. The predicted molar refractivity (Wildman–Crippen MR) is 110 cm³/mol. The summed E-state index contributed by atoms with van der Waals surface area (Å²) in [5, 5.41) is 9.86. The second kappa shape index (κ2) is 8.71. The molecule has 2 aromatic heterocycles. The van der Waals surface area contributed by atoms with Crippen LogP contribution in [0.2, 0.25) is 0 Å². The molecule has 11 heteroatoms. The third-order valence-corrected chi connectivity index (χ3v) is 5.46. The monoisotopic (exact) mass is 461 g/mol. The molecule has 1 saturated heterocycles. The van der Waals surface area contributed by atoms with E-state index in [1.165, 1.54) is 4.90 Å². The number of aromatic nitrogens is 2. The second-order valence-electron chi connectivity index (χ2n) is 7.79. The van der Waals surface area contributed by atoms with Crippen molar-refractivity contribution >= 4 is 16.8 Å². The van der Waals surface area contributed by atoms with Crippen molar-refractivity contribution in [2.24, 2.45) is 5.73 Å². The molecule has 1 aliphatic heterocycles.